The molecular formula is C26H34F2N4. The predicted molar refractivity (Wildman–Crippen MR) is 126 cm³/mol. The number of unbranched alkanes of at least 4 members (excludes halogenated alkanes) is 2. The lowest BCUT2D eigenvalue weighted by atomic mass is 9.89. The van der Waals surface area contributed by atoms with Gasteiger partial charge in [0, 0.05) is 62.6 Å². The molecule has 3 aliphatic rings. The summed E-state index contributed by atoms with van der Waals surface area (Å²) in [4.78, 5) is 7.44. The molecule has 0 aliphatic carbocycles. The molecule has 32 heavy (non-hydrogen) atoms. The van der Waals surface area contributed by atoms with Gasteiger partial charge in [-0.2, -0.15) is 0 Å². The van der Waals surface area contributed by atoms with Crippen LogP contribution >= 0.6 is 0 Å². The lowest BCUT2D eigenvalue weighted by Gasteiger charge is -2.39. The maximum atomic E-state index is 14.2. The molecule has 4 nitrogen and oxygen atoms in total. The number of halogens is 2. The van der Waals surface area contributed by atoms with Gasteiger partial charge in [0.1, 0.15) is 11.6 Å². The van der Waals surface area contributed by atoms with E-state index in [2.05, 4.69) is 20.0 Å². The normalized spacial score (nSPS) is 23.9. The SMILES string of the molecule is Fc1ccc(N2c3ccc(F)cc3[C@@H]3CN(CCCCCN4CCNCC4)CC[C@H]32)cc1. The first-order valence-electron chi connectivity index (χ1n) is 12.2. The molecule has 0 radical (unpaired) electrons. The van der Waals surface area contributed by atoms with E-state index in [-0.39, 0.29) is 11.6 Å². The number of nitrogens with one attached hydrogen (secondary N) is 1. The Morgan fingerprint density at radius 3 is 2.31 bits per heavy atom. The van der Waals surface area contributed by atoms with E-state index in [0.29, 0.717) is 12.0 Å². The fraction of sp³-hybridized carbons (Fsp3) is 0.538. The highest BCUT2D eigenvalue weighted by Gasteiger charge is 2.42. The van der Waals surface area contributed by atoms with Gasteiger partial charge in [-0.15, -0.1) is 0 Å². The van der Waals surface area contributed by atoms with E-state index in [1.54, 1.807) is 12.1 Å². The van der Waals surface area contributed by atoms with Crippen molar-refractivity contribution >= 4 is 11.4 Å². The molecule has 0 unspecified atom stereocenters. The topological polar surface area (TPSA) is 21.8 Å². The summed E-state index contributed by atoms with van der Waals surface area (Å²) in [5.41, 5.74) is 3.17. The second-order valence-electron chi connectivity index (χ2n) is 9.46. The molecule has 2 aromatic carbocycles. The lowest BCUT2D eigenvalue weighted by Crippen LogP contribution is -2.45. The lowest BCUT2D eigenvalue weighted by molar-refractivity contribution is 0.190. The second kappa shape index (κ2) is 9.86. The summed E-state index contributed by atoms with van der Waals surface area (Å²) in [5, 5.41) is 3.41. The Hall–Kier alpha value is -2.02. The molecule has 0 spiro atoms. The van der Waals surface area contributed by atoms with E-state index < -0.39 is 0 Å². The maximum absolute atomic E-state index is 14.2. The number of anilines is 2. The Labute approximate surface area is 190 Å². The van der Waals surface area contributed by atoms with Crippen molar-refractivity contribution in [1.82, 2.24) is 15.1 Å². The van der Waals surface area contributed by atoms with Crippen molar-refractivity contribution in [2.75, 3.05) is 57.3 Å². The van der Waals surface area contributed by atoms with Crippen molar-refractivity contribution < 1.29 is 8.78 Å². The Balaban J connectivity index is 1.20. The van der Waals surface area contributed by atoms with Crippen LogP contribution in [0.3, 0.4) is 0 Å². The van der Waals surface area contributed by atoms with Crippen LogP contribution in [0.1, 0.15) is 37.2 Å². The molecule has 0 bridgehead atoms. The van der Waals surface area contributed by atoms with Crippen LogP contribution in [0, 0.1) is 11.6 Å². The third kappa shape index (κ3) is 4.68. The Bertz CT molecular complexity index is 897. The fourth-order valence-electron chi connectivity index (χ4n) is 5.76. The van der Waals surface area contributed by atoms with Gasteiger partial charge in [0.05, 0.1) is 0 Å². The minimum Gasteiger partial charge on any atom is -0.337 e. The monoisotopic (exact) mass is 440 g/mol. The van der Waals surface area contributed by atoms with E-state index in [9.17, 15) is 8.78 Å². The number of rotatable bonds is 7. The molecule has 0 saturated carbocycles. The van der Waals surface area contributed by atoms with E-state index >= 15 is 0 Å². The Morgan fingerprint density at radius 1 is 0.812 bits per heavy atom. The van der Waals surface area contributed by atoms with Gasteiger partial charge >= 0.3 is 0 Å². The third-order valence-corrected chi connectivity index (χ3v) is 7.40. The van der Waals surface area contributed by atoms with Crippen LogP contribution in [-0.4, -0.2) is 68.2 Å². The van der Waals surface area contributed by atoms with Crippen LogP contribution in [0.25, 0.3) is 0 Å². The zero-order chi connectivity index (χ0) is 21.9. The maximum Gasteiger partial charge on any atom is 0.123 e. The molecule has 3 heterocycles. The largest absolute Gasteiger partial charge is 0.337 e. The number of fused-ring (bicyclic) bond motifs is 3. The van der Waals surface area contributed by atoms with Crippen LogP contribution in [0.4, 0.5) is 20.2 Å². The molecule has 2 aromatic rings. The van der Waals surface area contributed by atoms with Gasteiger partial charge in [0.25, 0.3) is 0 Å². The van der Waals surface area contributed by atoms with Gasteiger partial charge < -0.3 is 20.0 Å². The molecule has 2 saturated heterocycles. The molecule has 3 aliphatic heterocycles. The minimum absolute atomic E-state index is 0.173. The smallest absolute Gasteiger partial charge is 0.123 e. The van der Waals surface area contributed by atoms with Crippen LogP contribution < -0.4 is 10.2 Å². The average Bonchev–Trinajstić information content (AvgIpc) is 3.13. The third-order valence-electron chi connectivity index (χ3n) is 7.40. The first-order chi connectivity index (χ1) is 15.7. The summed E-state index contributed by atoms with van der Waals surface area (Å²) in [6, 6.07) is 12.2. The zero-order valence-corrected chi connectivity index (χ0v) is 18.8. The summed E-state index contributed by atoms with van der Waals surface area (Å²) < 4.78 is 27.7. The average molecular weight is 441 g/mol. The first-order valence-corrected chi connectivity index (χ1v) is 12.2. The quantitative estimate of drug-likeness (QED) is 0.646. The van der Waals surface area contributed by atoms with E-state index in [1.807, 2.05) is 18.2 Å². The molecule has 1 N–H and O–H groups in total. The number of piperazine rings is 1. The number of hydrogen-bond donors (Lipinski definition) is 1. The number of nitrogens with zero attached hydrogens (tertiary/aromatic N) is 3. The highest BCUT2D eigenvalue weighted by molar-refractivity contribution is 5.73. The summed E-state index contributed by atoms with van der Waals surface area (Å²) in [7, 11) is 0. The van der Waals surface area contributed by atoms with Gasteiger partial charge in [-0.3, -0.25) is 0 Å². The Morgan fingerprint density at radius 2 is 1.53 bits per heavy atom. The second-order valence-corrected chi connectivity index (χ2v) is 9.46. The summed E-state index contributed by atoms with van der Waals surface area (Å²) in [5.74, 6) is -0.107. The molecule has 0 amide bonds. The molecule has 5 rings (SSSR count). The van der Waals surface area contributed by atoms with Gasteiger partial charge in [-0.1, -0.05) is 6.42 Å². The molecule has 6 heteroatoms. The first kappa shape index (κ1) is 21.8. The highest BCUT2D eigenvalue weighted by Crippen LogP contribution is 2.48. The number of benzene rings is 2. The standard InChI is InChI=1S/C26H34F2N4/c27-20-4-7-22(8-5-20)32-25-9-6-21(28)18-23(25)24-19-31(15-10-26(24)32)14-3-1-2-13-30-16-11-29-12-17-30/h4-9,18,24,26,29H,1-3,10-17,19H2/t24-,26+/m0/s1. The number of likely N-dealkylation sites (tertiary alicyclic amines) is 1. The van der Waals surface area contributed by atoms with E-state index in [1.165, 1.54) is 51.0 Å². The van der Waals surface area contributed by atoms with Gasteiger partial charge in [-0.05, 0) is 80.4 Å². The number of piperidine rings is 1. The van der Waals surface area contributed by atoms with Crippen LogP contribution in [0.5, 0.6) is 0 Å². The van der Waals surface area contributed by atoms with Crippen molar-refractivity contribution in [2.45, 2.75) is 37.6 Å². The number of hydrogen-bond acceptors (Lipinski definition) is 4. The summed E-state index contributed by atoms with van der Waals surface area (Å²) in [6.45, 7) is 8.95. The summed E-state index contributed by atoms with van der Waals surface area (Å²) >= 11 is 0. The van der Waals surface area contributed by atoms with Crippen molar-refractivity contribution in [3.8, 4) is 0 Å². The molecule has 2 atom stereocenters. The van der Waals surface area contributed by atoms with Gasteiger partial charge in [0.15, 0.2) is 0 Å². The minimum atomic E-state index is -0.226. The van der Waals surface area contributed by atoms with Crippen molar-refractivity contribution in [1.29, 1.82) is 0 Å². The van der Waals surface area contributed by atoms with Crippen LogP contribution in [-0.2, 0) is 0 Å². The Kier molecular flexibility index (Phi) is 6.72. The van der Waals surface area contributed by atoms with E-state index in [4.69, 9.17) is 0 Å². The predicted octanol–water partition coefficient (Wildman–Crippen LogP) is 4.35. The van der Waals surface area contributed by atoms with Crippen LogP contribution in [0.15, 0.2) is 42.5 Å². The molecule has 2 fully saturated rings. The van der Waals surface area contributed by atoms with Crippen molar-refractivity contribution in [2.24, 2.45) is 0 Å². The zero-order valence-electron chi connectivity index (χ0n) is 18.8. The molecular weight excluding hydrogens is 406 g/mol. The van der Waals surface area contributed by atoms with Gasteiger partial charge in [0.2, 0.25) is 0 Å². The highest BCUT2D eigenvalue weighted by atomic mass is 19.1. The summed E-state index contributed by atoms with van der Waals surface area (Å²) in [6.07, 6.45) is 4.80. The fourth-order valence-corrected chi connectivity index (χ4v) is 5.76. The van der Waals surface area contributed by atoms with Crippen LogP contribution in [0.2, 0.25) is 0 Å². The van der Waals surface area contributed by atoms with Crippen molar-refractivity contribution in [3.63, 3.8) is 0 Å². The molecule has 0 aromatic heterocycles. The molecule has 172 valence electrons. The van der Waals surface area contributed by atoms with Gasteiger partial charge in [-0.25, -0.2) is 8.78 Å². The van der Waals surface area contributed by atoms with E-state index in [0.717, 1.165) is 56.1 Å². The van der Waals surface area contributed by atoms with Crippen molar-refractivity contribution in [3.05, 3.63) is 59.7 Å².